The highest BCUT2D eigenvalue weighted by Crippen LogP contribution is 2.32. The number of quaternary nitrogens is 1. The van der Waals surface area contributed by atoms with Crippen LogP contribution in [0.1, 0.15) is 39.7 Å². The van der Waals surface area contributed by atoms with E-state index in [1.54, 1.807) is 4.90 Å². The maximum atomic E-state index is 12.4. The Balaban J connectivity index is 2.06. The average molecular weight is 348 g/mol. The Morgan fingerprint density at radius 1 is 1.24 bits per heavy atom. The van der Waals surface area contributed by atoms with Crippen molar-refractivity contribution in [3.05, 3.63) is 35.9 Å². The minimum atomic E-state index is -1.08. The molecule has 6 heteroatoms. The van der Waals surface area contributed by atoms with Crippen LogP contribution < -0.4 is 5.11 Å². The van der Waals surface area contributed by atoms with Gasteiger partial charge in [-0.25, -0.2) is 4.79 Å². The van der Waals surface area contributed by atoms with E-state index in [1.807, 2.05) is 58.0 Å². The third-order valence-electron chi connectivity index (χ3n) is 5.28. The van der Waals surface area contributed by atoms with Crippen molar-refractivity contribution in [2.75, 3.05) is 19.6 Å². The van der Waals surface area contributed by atoms with Crippen molar-refractivity contribution in [3.63, 3.8) is 0 Å². The van der Waals surface area contributed by atoms with Gasteiger partial charge < -0.3 is 19.5 Å². The van der Waals surface area contributed by atoms with Gasteiger partial charge in [0.05, 0.1) is 18.1 Å². The summed E-state index contributed by atoms with van der Waals surface area (Å²) in [7, 11) is 0. The van der Waals surface area contributed by atoms with Crippen LogP contribution >= 0.6 is 0 Å². The van der Waals surface area contributed by atoms with E-state index in [1.165, 1.54) is 0 Å². The second-order valence-electron chi connectivity index (χ2n) is 7.69. The zero-order valence-corrected chi connectivity index (χ0v) is 15.5. The van der Waals surface area contributed by atoms with Crippen LogP contribution in [-0.4, -0.2) is 52.8 Å². The Morgan fingerprint density at radius 3 is 2.44 bits per heavy atom. The second kappa shape index (κ2) is 7.44. The van der Waals surface area contributed by atoms with Gasteiger partial charge in [-0.3, -0.25) is 4.48 Å². The van der Waals surface area contributed by atoms with Crippen LogP contribution in [0, 0.1) is 0 Å². The van der Waals surface area contributed by atoms with Crippen molar-refractivity contribution in [2.45, 2.75) is 52.3 Å². The highest BCUT2D eigenvalue weighted by Gasteiger charge is 2.48. The molecule has 1 aliphatic heterocycles. The largest absolute Gasteiger partial charge is 0.498 e. The van der Waals surface area contributed by atoms with Gasteiger partial charge in [0.1, 0.15) is 13.2 Å². The fraction of sp³-hybridized carbons (Fsp3) is 0.579. The standard InChI is InChI=1S/C19H28N2O4/c1-15-10-11-20(12-13-21(15,18(23)24)19(2,3)4)17(22)25-14-16-8-6-5-7-9-16/h5-9,15H,10-14H2,1-4H3/t15-,21?/m0/s1. The zero-order valence-electron chi connectivity index (χ0n) is 15.5. The van der Waals surface area contributed by atoms with Crippen molar-refractivity contribution in [1.29, 1.82) is 0 Å². The highest BCUT2D eigenvalue weighted by atomic mass is 16.6. The molecule has 0 aliphatic carbocycles. The molecule has 2 rings (SSSR count). The Bertz CT molecular complexity index is 612. The van der Waals surface area contributed by atoms with Gasteiger partial charge in [-0.15, -0.1) is 0 Å². The molecular formula is C19H28N2O4. The molecule has 25 heavy (non-hydrogen) atoms. The minimum absolute atomic E-state index is 0.142. The van der Waals surface area contributed by atoms with E-state index < -0.39 is 17.7 Å². The SMILES string of the molecule is C[C@H]1CCN(C(=O)OCc2ccccc2)CC[N+]1(C(=O)[O-])C(C)(C)C. The van der Waals surface area contributed by atoms with E-state index in [0.717, 1.165) is 5.56 Å². The van der Waals surface area contributed by atoms with Gasteiger partial charge in [0, 0.05) is 13.0 Å². The lowest BCUT2D eigenvalue weighted by Crippen LogP contribution is -2.71. The van der Waals surface area contributed by atoms with Crippen LogP contribution in [0.3, 0.4) is 0 Å². The van der Waals surface area contributed by atoms with Crippen molar-refractivity contribution >= 4 is 12.2 Å². The van der Waals surface area contributed by atoms with E-state index in [4.69, 9.17) is 4.74 Å². The molecule has 6 nitrogen and oxygen atoms in total. The van der Waals surface area contributed by atoms with Gasteiger partial charge in [-0.05, 0) is 33.3 Å². The number of rotatable bonds is 2. The molecule has 1 unspecified atom stereocenters. The molecule has 2 atom stereocenters. The van der Waals surface area contributed by atoms with Crippen LogP contribution in [0.15, 0.2) is 30.3 Å². The number of nitrogens with zero attached hydrogens (tertiary/aromatic N) is 2. The number of carboxylic acid groups (broad SMARTS) is 1. The first kappa shape index (κ1) is 19.2. The first-order valence-electron chi connectivity index (χ1n) is 8.73. The molecular weight excluding hydrogens is 320 g/mol. The number of carbonyl (C=O) groups is 2. The molecule has 1 aliphatic rings. The molecule has 138 valence electrons. The van der Waals surface area contributed by atoms with Crippen LogP contribution in [0.25, 0.3) is 0 Å². The van der Waals surface area contributed by atoms with E-state index in [-0.39, 0.29) is 17.1 Å². The summed E-state index contributed by atoms with van der Waals surface area (Å²) in [6.07, 6.45) is -0.895. The number of benzene rings is 1. The maximum absolute atomic E-state index is 12.4. The van der Waals surface area contributed by atoms with Gasteiger partial charge in [0.25, 0.3) is 6.09 Å². The highest BCUT2D eigenvalue weighted by molar-refractivity contribution is 5.67. The van der Waals surface area contributed by atoms with E-state index >= 15 is 0 Å². The van der Waals surface area contributed by atoms with Gasteiger partial charge >= 0.3 is 6.09 Å². The number of hydrogen-bond donors (Lipinski definition) is 0. The molecule has 1 saturated heterocycles. The maximum Gasteiger partial charge on any atom is 0.410 e. The molecule has 0 N–H and O–H groups in total. The summed E-state index contributed by atoms with van der Waals surface area (Å²) in [6, 6.07) is 9.35. The molecule has 0 saturated carbocycles. The van der Waals surface area contributed by atoms with Crippen LogP contribution in [0.5, 0.6) is 0 Å². The molecule has 1 fully saturated rings. The van der Waals surface area contributed by atoms with Crippen molar-refractivity contribution in [2.24, 2.45) is 0 Å². The molecule has 1 aromatic carbocycles. The molecule has 0 radical (unpaired) electrons. The summed E-state index contributed by atoms with van der Waals surface area (Å²) in [5.41, 5.74) is 0.413. The Kier molecular flexibility index (Phi) is 5.72. The molecule has 1 heterocycles. The van der Waals surface area contributed by atoms with E-state index in [2.05, 4.69) is 0 Å². The lowest BCUT2D eigenvalue weighted by Gasteiger charge is -2.51. The first-order valence-corrected chi connectivity index (χ1v) is 8.73. The summed E-state index contributed by atoms with van der Waals surface area (Å²) in [5, 5.41) is 12.0. The summed E-state index contributed by atoms with van der Waals surface area (Å²) in [6.45, 7) is 8.98. The predicted molar refractivity (Wildman–Crippen MR) is 92.6 cm³/mol. The minimum Gasteiger partial charge on any atom is -0.498 e. The predicted octanol–water partition coefficient (Wildman–Crippen LogP) is 2.38. The Hall–Kier alpha value is -2.08. The number of hydrogen-bond acceptors (Lipinski definition) is 4. The lowest BCUT2D eigenvalue weighted by atomic mass is 9.97. The fourth-order valence-electron chi connectivity index (χ4n) is 3.71. The molecule has 1 aromatic rings. The summed E-state index contributed by atoms with van der Waals surface area (Å²) in [4.78, 5) is 26.0. The monoisotopic (exact) mass is 348 g/mol. The van der Waals surface area contributed by atoms with E-state index in [0.29, 0.717) is 26.1 Å². The summed E-state index contributed by atoms with van der Waals surface area (Å²) >= 11 is 0. The molecule has 0 spiro atoms. The first-order chi connectivity index (χ1) is 11.7. The average Bonchev–Trinajstić information content (AvgIpc) is 2.73. The van der Waals surface area contributed by atoms with Crippen LogP contribution in [0.2, 0.25) is 0 Å². The van der Waals surface area contributed by atoms with Crippen LogP contribution in [-0.2, 0) is 11.3 Å². The normalized spacial score (nSPS) is 24.5. The Labute approximate surface area is 149 Å². The number of carbonyl (C=O) groups excluding carboxylic acids is 2. The number of amides is 2. The van der Waals surface area contributed by atoms with Crippen molar-refractivity contribution < 1.29 is 23.9 Å². The third-order valence-corrected chi connectivity index (χ3v) is 5.28. The zero-order chi connectivity index (χ0) is 18.7. The third kappa shape index (κ3) is 3.95. The van der Waals surface area contributed by atoms with Gasteiger partial charge in [0.2, 0.25) is 0 Å². The van der Waals surface area contributed by atoms with Gasteiger partial charge in [0.15, 0.2) is 0 Å². The fourth-order valence-corrected chi connectivity index (χ4v) is 3.71. The topological polar surface area (TPSA) is 69.7 Å². The molecule has 2 amide bonds. The number of ether oxygens (including phenoxy) is 1. The Morgan fingerprint density at radius 2 is 1.88 bits per heavy atom. The summed E-state index contributed by atoms with van der Waals surface area (Å²) in [5.74, 6) is 0. The van der Waals surface area contributed by atoms with Crippen molar-refractivity contribution in [1.82, 2.24) is 4.90 Å². The quantitative estimate of drug-likeness (QED) is 0.770. The smallest absolute Gasteiger partial charge is 0.410 e. The summed E-state index contributed by atoms with van der Waals surface area (Å²) < 4.78 is 5.23. The van der Waals surface area contributed by atoms with Gasteiger partial charge in [-0.2, -0.15) is 0 Å². The van der Waals surface area contributed by atoms with Crippen molar-refractivity contribution in [3.8, 4) is 0 Å². The lowest BCUT2D eigenvalue weighted by molar-refractivity contribution is -0.938. The van der Waals surface area contributed by atoms with E-state index in [9.17, 15) is 14.7 Å². The molecule has 0 bridgehead atoms. The second-order valence-corrected chi connectivity index (χ2v) is 7.69. The van der Waals surface area contributed by atoms with Crippen LogP contribution in [0.4, 0.5) is 9.59 Å². The molecule has 0 aromatic heterocycles. The van der Waals surface area contributed by atoms with Gasteiger partial charge in [-0.1, -0.05) is 30.3 Å².